The lowest BCUT2D eigenvalue weighted by Gasteiger charge is -2.11. The van der Waals surface area contributed by atoms with Crippen LogP contribution in [0.3, 0.4) is 0 Å². The molecule has 2 aromatic carbocycles. The highest BCUT2D eigenvalue weighted by Crippen LogP contribution is 2.32. The number of nitrogens with one attached hydrogen (secondary N) is 1. The van der Waals surface area contributed by atoms with Gasteiger partial charge in [-0.15, -0.1) is 0 Å². The molecule has 0 fully saturated rings. The number of nitriles is 1. The van der Waals surface area contributed by atoms with Crippen LogP contribution in [0.5, 0.6) is 5.75 Å². The van der Waals surface area contributed by atoms with Gasteiger partial charge in [-0.3, -0.25) is 0 Å². The first-order chi connectivity index (χ1) is 9.56. The molecule has 0 aliphatic heterocycles. The molecule has 0 unspecified atom stereocenters. The Balaban J connectivity index is 2.36. The van der Waals surface area contributed by atoms with Gasteiger partial charge in [0.2, 0.25) is 0 Å². The second-order valence-corrected chi connectivity index (χ2v) is 5.07. The first kappa shape index (κ1) is 14.6. The van der Waals surface area contributed by atoms with Gasteiger partial charge in [0, 0.05) is 11.8 Å². The highest BCUT2D eigenvalue weighted by atomic mass is 79.9. The normalized spacial score (nSPS) is 9.95. The fourth-order valence-electron chi connectivity index (χ4n) is 1.63. The van der Waals surface area contributed by atoms with Crippen molar-refractivity contribution in [3.8, 4) is 11.8 Å². The lowest BCUT2D eigenvalue weighted by molar-refractivity contribution is 0.415. The molecule has 6 heteroatoms. The zero-order valence-corrected chi connectivity index (χ0v) is 12.7. The number of benzene rings is 2. The lowest BCUT2D eigenvalue weighted by Crippen LogP contribution is -1.96. The third-order valence-corrected chi connectivity index (χ3v) is 3.72. The molecule has 0 aromatic heterocycles. The molecular formula is C14H9BrClFN2O. The van der Waals surface area contributed by atoms with Gasteiger partial charge in [-0.1, -0.05) is 11.6 Å². The summed E-state index contributed by atoms with van der Waals surface area (Å²) in [6, 6.07) is 9.95. The van der Waals surface area contributed by atoms with Crippen LogP contribution in [0.15, 0.2) is 34.8 Å². The van der Waals surface area contributed by atoms with Crippen LogP contribution in [-0.2, 0) is 0 Å². The van der Waals surface area contributed by atoms with E-state index in [1.54, 1.807) is 18.2 Å². The highest BCUT2D eigenvalue weighted by Gasteiger charge is 2.11. The van der Waals surface area contributed by atoms with Crippen LogP contribution in [-0.4, -0.2) is 7.11 Å². The Morgan fingerprint density at radius 3 is 2.75 bits per heavy atom. The van der Waals surface area contributed by atoms with Gasteiger partial charge in [0.1, 0.15) is 11.8 Å². The lowest BCUT2D eigenvalue weighted by atomic mass is 10.2. The van der Waals surface area contributed by atoms with E-state index in [1.807, 2.05) is 6.07 Å². The summed E-state index contributed by atoms with van der Waals surface area (Å²) in [5, 5.41) is 12.2. The quantitative estimate of drug-likeness (QED) is 0.854. The summed E-state index contributed by atoms with van der Waals surface area (Å²) in [4.78, 5) is 0. The Labute approximate surface area is 129 Å². The first-order valence-electron chi connectivity index (χ1n) is 5.55. The van der Waals surface area contributed by atoms with Gasteiger partial charge in [-0.05, 0) is 40.2 Å². The molecule has 0 saturated carbocycles. The first-order valence-corrected chi connectivity index (χ1v) is 6.72. The van der Waals surface area contributed by atoms with Gasteiger partial charge in [0.05, 0.1) is 27.9 Å². The van der Waals surface area contributed by atoms with Gasteiger partial charge in [-0.2, -0.15) is 5.26 Å². The molecule has 0 heterocycles. The fourth-order valence-corrected chi connectivity index (χ4v) is 2.25. The highest BCUT2D eigenvalue weighted by molar-refractivity contribution is 9.10. The van der Waals surface area contributed by atoms with Crippen molar-refractivity contribution in [3.05, 3.63) is 51.2 Å². The summed E-state index contributed by atoms with van der Waals surface area (Å²) in [7, 11) is 1.50. The van der Waals surface area contributed by atoms with E-state index >= 15 is 0 Å². The van der Waals surface area contributed by atoms with Crippen molar-refractivity contribution in [1.82, 2.24) is 0 Å². The molecule has 0 atom stereocenters. The molecule has 2 aromatic rings. The molecule has 0 aliphatic rings. The molecule has 0 radical (unpaired) electrons. The second-order valence-electron chi connectivity index (χ2n) is 3.87. The molecule has 0 saturated heterocycles. The largest absolute Gasteiger partial charge is 0.495 e. The van der Waals surface area contributed by atoms with Gasteiger partial charge in [0.25, 0.3) is 0 Å². The number of hydrogen-bond donors (Lipinski definition) is 1. The molecule has 20 heavy (non-hydrogen) atoms. The molecular weight excluding hydrogens is 347 g/mol. The Morgan fingerprint density at radius 2 is 2.10 bits per heavy atom. The van der Waals surface area contributed by atoms with E-state index in [4.69, 9.17) is 21.6 Å². The zero-order chi connectivity index (χ0) is 14.7. The van der Waals surface area contributed by atoms with Crippen molar-refractivity contribution in [2.24, 2.45) is 0 Å². The molecule has 2 rings (SSSR count). The summed E-state index contributed by atoms with van der Waals surface area (Å²) < 4.78 is 19.3. The topological polar surface area (TPSA) is 45.0 Å². The molecule has 102 valence electrons. The number of rotatable bonds is 3. The van der Waals surface area contributed by atoms with Crippen molar-refractivity contribution in [2.45, 2.75) is 0 Å². The summed E-state index contributed by atoms with van der Waals surface area (Å²) in [5.41, 5.74) is 1.11. The van der Waals surface area contributed by atoms with Crippen LogP contribution in [0, 0.1) is 17.1 Å². The third kappa shape index (κ3) is 2.87. The number of methoxy groups -OCH3 is 1. The van der Waals surface area contributed by atoms with E-state index < -0.39 is 5.82 Å². The third-order valence-electron chi connectivity index (χ3n) is 2.63. The van der Waals surface area contributed by atoms with E-state index in [0.717, 1.165) is 0 Å². The van der Waals surface area contributed by atoms with Gasteiger partial charge < -0.3 is 10.1 Å². The van der Waals surface area contributed by atoms with E-state index in [2.05, 4.69) is 21.2 Å². The Bertz CT molecular complexity index is 700. The van der Waals surface area contributed by atoms with Crippen LogP contribution in [0.2, 0.25) is 5.02 Å². The monoisotopic (exact) mass is 354 g/mol. The number of nitrogens with zero attached hydrogens (tertiary/aromatic N) is 1. The van der Waals surface area contributed by atoms with Crippen LogP contribution in [0.4, 0.5) is 15.8 Å². The van der Waals surface area contributed by atoms with Gasteiger partial charge in [-0.25, -0.2) is 4.39 Å². The molecule has 0 bridgehead atoms. The predicted octanol–water partition coefficient (Wildman–Crippen LogP) is 4.87. The van der Waals surface area contributed by atoms with E-state index in [-0.39, 0.29) is 15.7 Å². The maximum absolute atomic E-state index is 14.1. The van der Waals surface area contributed by atoms with E-state index in [0.29, 0.717) is 16.5 Å². The minimum Gasteiger partial charge on any atom is -0.495 e. The molecule has 0 aliphatic carbocycles. The predicted molar refractivity (Wildman–Crippen MR) is 80.1 cm³/mol. The summed E-state index contributed by atoms with van der Waals surface area (Å²) >= 11 is 8.99. The number of anilines is 2. The summed E-state index contributed by atoms with van der Waals surface area (Å²) in [6.07, 6.45) is 0. The summed E-state index contributed by atoms with van der Waals surface area (Å²) in [5.74, 6) is -0.0391. The zero-order valence-electron chi connectivity index (χ0n) is 10.4. The average molecular weight is 356 g/mol. The molecule has 1 N–H and O–H groups in total. The standard InChI is InChI=1S/C14H9BrClFN2O/c1-20-12-6-9(3-4-10(12)16)19-11-5-2-8(7-18)13(15)14(11)17/h2-6,19H,1H3. The Hall–Kier alpha value is -1.77. The average Bonchev–Trinajstić information content (AvgIpc) is 2.46. The van der Waals surface area contributed by atoms with E-state index in [1.165, 1.54) is 19.2 Å². The maximum Gasteiger partial charge on any atom is 0.162 e. The van der Waals surface area contributed by atoms with Crippen molar-refractivity contribution in [1.29, 1.82) is 5.26 Å². The number of ether oxygens (including phenoxy) is 1. The fraction of sp³-hybridized carbons (Fsp3) is 0.0714. The minimum absolute atomic E-state index is 0.130. The van der Waals surface area contributed by atoms with E-state index in [9.17, 15) is 4.39 Å². The molecule has 0 spiro atoms. The smallest absolute Gasteiger partial charge is 0.162 e. The van der Waals surface area contributed by atoms with Crippen molar-refractivity contribution in [3.63, 3.8) is 0 Å². The van der Waals surface area contributed by atoms with Crippen molar-refractivity contribution >= 4 is 38.9 Å². The van der Waals surface area contributed by atoms with Crippen molar-refractivity contribution < 1.29 is 9.13 Å². The Morgan fingerprint density at radius 1 is 1.35 bits per heavy atom. The van der Waals surface area contributed by atoms with Crippen LogP contribution < -0.4 is 10.1 Å². The number of hydrogen-bond acceptors (Lipinski definition) is 3. The van der Waals surface area contributed by atoms with Crippen LogP contribution in [0.1, 0.15) is 5.56 Å². The summed E-state index contributed by atoms with van der Waals surface area (Å²) in [6.45, 7) is 0. The Kier molecular flexibility index (Phi) is 4.48. The number of halogens is 3. The van der Waals surface area contributed by atoms with Crippen molar-refractivity contribution in [2.75, 3.05) is 12.4 Å². The maximum atomic E-state index is 14.1. The van der Waals surface area contributed by atoms with Gasteiger partial charge in [0.15, 0.2) is 5.82 Å². The minimum atomic E-state index is -0.530. The SMILES string of the molecule is COc1cc(Nc2ccc(C#N)c(Br)c2F)ccc1Cl. The molecule has 0 amide bonds. The van der Waals surface area contributed by atoms with Crippen LogP contribution >= 0.6 is 27.5 Å². The van der Waals surface area contributed by atoms with Crippen LogP contribution in [0.25, 0.3) is 0 Å². The van der Waals surface area contributed by atoms with Gasteiger partial charge >= 0.3 is 0 Å². The second kappa shape index (κ2) is 6.12. The molecule has 3 nitrogen and oxygen atoms in total.